The third-order valence-electron chi connectivity index (χ3n) is 4.51. The van der Waals surface area contributed by atoms with Crippen LogP contribution < -0.4 is 11.1 Å². The molecule has 1 heterocycles. The molecule has 3 rings (SSSR count). The molecule has 3 N–H and O–H groups in total. The van der Waals surface area contributed by atoms with Crippen LogP contribution in [0.5, 0.6) is 0 Å². The monoisotopic (exact) mass is 344 g/mol. The molecule has 5 nitrogen and oxygen atoms in total. The summed E-state index contributed by atoms with van der Waals surface area (Å²) in [4.78, 5) is 11.6. The summed E-state index contributed by atoms with van der Waals surface area (Å²) in [6.45, 7) is 1.54. The Balaban J connectivity index is 1.76. The lowest BCUT2D eigenvalue weighted by molar-refractivity contribution is -0.119. The number of carbonyl (C=O) groups excluding carboxylic acids is 1. The van der Waals surface area contributed by atoms with E-state index in [0.29, 0.717) is 12.3 Å². The molecule has 0 saturated heterocycles. The van der Waals surface area contributed by atoms with Crippen LogP contribution in [0.25, 0.3) is 0 Å². The van der Waals surface area contributed by atoms with Crippen molar-refractivity contribution in [3.8, 4) is 0 Å². The number of anilines is 1. The predicted octanol–water partition coefficient (Wildman–Crippen LogP) is 3.59. The van der Waals surface area contributed by atoms with E-state index in [-0.39, 0.29) is 11.9 Å². The number of nitrogens with zero attached hydrogens (tertiary/aromatic N) is 2. The maximum absolute atomic E-state index is 11.6. The molecule has 0 unspecified atom stereocenters. The minimum absolute atomic E-state index is 0.0511. The van der Waals surface area contributed by atoms with Gasteiger partial charge in [-0.2, -0.15) is 0 Å². The predicted molar refractivity (Wildman–Crippen MR) is 96.9 cm³/mol. The van der Waals surface area contributed by atoms with Crippen molar-refractivity contribution in [3.05, 3.63) is 39.8 Å². The van der Waals surface area contributed by atoms with E-state index in [1.165, 1.54) is 32.1 Å². The van der Waals surface area contributed by atoms with Gasteiger partial charge in [-0.05, 0) is 37.0 Å². The van der Waals surface area contributed by atoms with E-state index in [2.05, 4.69) is 15.5 Å². The summed E-state index contributed by atoms with van der Waals surface area (Å²) in [6.07, 6.45) is 6.99. The lowest BCUT2D eigenvalue weighted by Gasteiger charge is -2.18. The zero-order valence-electron chi connectivity index (χ0n) is 14.0. The minimum atomic E-state index is -0.138. The number of hydrogen-bond acceptors (Lipinski definition) is 5. The van der Waals surface area contributed by atoms with Crippen LogP contribution in [0, 0.1) is 0 Å². The third-order valence-corrected chi connectivity index (χ3v) is 5.71. The van der Waals surface area contributed by atoms with Crippen molar-refractivity contribution < 1.29 is 4.79 Å². The van der Waals surface area contributed by atoms with Crippen LogP contribution in [0.4, 0.5) is 5.69 Å². The number of nitrogens with one attached hydrogen (secondary N) is 1. The van der Waals surface area contributed by atoms with Crippen LogP contribution in [-0.2, 0) is 11.2 Å². The van der Waals surface area contributed by atoms with Gasteiger partial charge in [0.15, 0.2) is 0 Å². The number of benzene rings is 1. The Labute approximate surface area is 146 Å². The first-order valence-corrected chi connectivity index (χ1v) is 9.38. The molecular weight excluding hydrogens is 320 g/mol. The molecule has 1 aromatic heterocycles. The van der Waals surface area contributed by atoms with E-state index in [1.807, 2.05) is 24.3 Å². The second kappa shape index (κ2) is 7.75. The highest BCUT2D eigenvalue weighted by atomic mass is 32.1. The molecule has 1 aliphatic rings. The van der Waals surface area contributed by atoms with Crippen LogP contribution in [0.2, 0.25) is 0 Å². The van der Waals surface area contributed by atoms with Gasteiger partial charge in [-0.3, -0.25) is 4.79 Å². The standard InChI is InChI=1S/C18H24N4OS/c1-12(23)20-16(11-13-7-9-15(19)10-8-13)18-22-21-17(24-18)14-5-3-2-4-6-14/h7-10,14,16H,2-6,11,19H2,1H3,(H,20,23)/t16-/m0/s1. The van der Waals surface area contributed by atoms with E-state index >= 15 is 0 Å². The lowest BCUT2D eigenvalue weighted by atomic mass is 9.90. The number of rotatable bonds is 5. The van der Waals surface area contributed by atoms with Crippen molar-refractivity contribution in [1.82, 2.24) is 15.5 Å². The van der Waals surface area contributed by atoms with Gasteiger partial charge in [0.25, 0.3) is 0 Å². The summed E-state index contributed by atoms with van der Waals surface area (Å²) >= 11 is 1.65. The Hall–Kier alpha value is -1.95. The van der Waals surface area contributed by atoms with Gasteiger partial charge in [-0.25, -0.2) is 0 Å². The van der Waals surface area contributed by atoms with Crippen molar-refractivity contribution in [2.75, 3.05) is 5.73 Å². The molecule has 24 heavy (non-hydrogen) atoms. The van der Waals surface area contributed by atoms with E-state index in [1.54, 1.807) is 18.3 Å². The quantitative estimate of drug-likeness (QED) is 0.812. The van der Waals surface area contributed by atoms with Gasteiger partial charge in [0.1, 0.15) is 10.0 Å². The second-order valence-electron chi connectivity index (χ2n) is 6.51. The maximum Gasteiger partial charge on any atom is 0.217 e. The molecule has 0 spiro atoms. The molecule has 0 aliphatic heterocycles. The summed E-state index contributed by atoms with van der Waals surface area (Å²) in [6, 6.07) is 7.61. The minimum Gasteiger partial charge on any atom is -0.399 e. The zero-order valence-corrected chi connectivity index (χ0v) is 14.8. The van der Waals surface area contributed by atoms with Gasteiger partial charge in [0.05, 0.1) is 6.04 Å². The second-order valence-corrected chi connectivity index (χ2v) is 7.55. The number of carbonyl (C=O) groups is 1. The Bertz CT molecular complexity index is 677. The van der Waals surface area contributed by atoms with Gasteiger partial charge in [-0.1, -0.05) is 42.7 Å². The number of hydrogen-bond donors (Lipinski definition) is 2. The fourth-order valence-electron chi connectivity index (χ4n) is 3.24. The third kappa shape index (κ3) is 4.32. The average Bonchev–Trinajstić information content (AvgIpc) is 3.07. The van der Waals surface area contributed by atoms with Crippen LogP contribution in [0.1, 0.15) is 66.6 Å². The Morgan fingerprint density at radius 1 is 1.25 bits per heavy atom. The smallest absolute Gasteiger partial charge is 0.217 e. The molecule has 1 aliphatic carbocycles. The first kappa shape index (κ1) is 16.9. The van der Waals surface area contributed by atoms with Crippen LogP contribution in [0.3, 0.4) is 0 Å². The molecule has 1 saturated carbocycles. The van der Waals surface area contributed by atoms with Crippen LogP contribution in [0.15, 0.2) is 24.3 Å². The Morgan fingerprint density at radius 2 is 1.96 bits per heavy atom. The fourth-order valence-corrected chi connectivity index (χ4v) is 4.30. The summed E-state index contributed by atoms with van der Waals surface area (Å²) in [7, 11) is 0. The van der Waals surface area contributed by atoms with E-state index in [4.69, 9.17) is 5.73 Å². The molecule has 1 aromatic carbocycles. The average molecular weight is 344 g/mol. The lowest BCUT2D eigenvalue weighted by Crippen LogP contribution is -2.27. The first-order chi connectivity index (χ1) is 11.6. The van der Waals surface area contributed by atoms with E-state index < -0.39 is 0 Å². The number of nitrogens with two attached hydrogens (primary N) is 1. The van der Waals surface area contributed by atoms with E-state index in [0.717, 1.165) is 21.3 Å². The van der Waals surface area contributed by atoms with Crippen molar-refractivity contribution >= 4 is 22.9 Å². The zero-order chi connectivity index (χ0) is 16.9. The first-order valence-electron chi connectivity index (χ1n) is 8.56. The van der Waals surface area contributed by atoms with Gasteiger partial charge in [-0.15, -0.1) is 10.2 Å². The number of aromatic nitrogens is 2. The normalized spacial score (nSPS) is 16.7. The van der Waals surface area contributed by atoms with Crippen molar-refractivity contribution in [2.24, 2.45) is 0 Å². The van der Waals surface area contributed by atoms with Crippen molar-refractivity contribution in [3.63, 3.8) is 0 Å². The van der Waals surface area contributed by atoms with Crippen molar-refractivity contribution in [1.29, 1.82) is 0 Å². The van der Waals surface area contributed by atoms with Crippen molar-refractivity contribution in [2.45, 2.75) is 57.4 Å². The highest BCUT2D eigenvalue weighted by Crippen LogP contribution is 2.35. The topological polar surface area (TPSA) is 80.9 Å². The molecule has 0 radical (unpaired) electrons. The van der Waals surface area contributed by atoms with Gasteiger partial charge >= 0.3 is 0 Å². The summed E-state index contributed by atoms with van der Waals surface area (Å²) in [5.74, 6) is 0.490. The molecule has 1 fully saturated rings. The maximum atomic E-state index is 11.6. The molecule has 0 bridgehead atoms. The largest absolute Gasteiger partial charge is 0.399 e. The Kier molecular flexibility index (Phi) is 5.45. The Morgan fingerprint density at radius 3 is 2.62 bits per heavy atom. The highest BCUT2D eigenvalue weighted by molar-refractivity contribution is 7.11. The SMILES string of the molecule is CC(=O)N[C@@H](Cc1ccc(N)cc1)c1nnc(C2CCCCC2)s1. The van der Waals surface area contributed by atoms with Gasteiger partial charge in [0.2, 0.25) is 5.91 Å². The van der Waals surface area contributed by atoms with Crippen LogP contribution >= 0.6 is 11.3 Å². The van der Waals surface area contributed by atoms with Gasteiger partial charge < -0.3 is 11.1 Å². The summed E-state index contributed by atoms with van der Waals surface area (Å²) in [5.41, 5.74) is 7.61. The number of nitrogen functional groups attached to an aromatic ring is 1. The molecule has 128 valence electrons. The molecule has 2 aromatic rings. The van der Waals surface area contributed by atoms with Gasteiger partial charge in [0, 0.05) is 18.5 Å². The summed E-state index contributed by atoms with van der Waals surface area (Å²) < 4.78 is 0. The van der Waals surface area contributed by atoms with E-state index in [9.17, 15) is 4.79 Å². The molecule has 1 atom stereocenters. The molecule has 6 heteroatoms. The number of amides is 1. The highest BCUT2D eigenvalue weighted by Gasteiger charge is 2.23. The fraction of sp³-hybridized carbons (Fsp3) is 0.500. The molecular formula is C18H24N4OS. The van der Waals surface area contributed by atoms with Crippen LogP contribution in [-0.4, -0.2) is 16.1 Å². The molecule has 1 amide bonds. The summed E-state index contributed by atoms with van der Waals surface area (Å²) in [5, 5.41) is 13.8.